The lowest BCUT2D eigenvalue weighted by molar-refractivity contribution is -0.119. The number of nitrogens with two attached hydrogens (primary N) is 1. The van der Waals surface area contributed by atoms with E-state index in [2.05, 4.69) is 6.07 Å². The highest BCUT2D eigenvalue weighted by atomic mass is 16.5. The number of primary amides is 1. The highest BCUT2D eigenvalue weighted by molar-refractivity contribution is 6.01. The molecule has 0 saturated carbocycles. The Kier molecular flexibility index (Phi) is 4.77. The zero-order chi connectivity index (χ0) is 17.6. The first-order chi connectivity index (χ1) is 12.2. The monoisotopic (exact) mass is 328 g/mol. The number of carbonyl (C=O) groups is 1. The van der Waals surface area contributed by atoms with Crippen LogP contribution in [0.1, 0.15) is 11.1 Å². The molecule has 4 nitrogen and oxygen atoms in total. The zero-order valence-electron chi connectivity index (χ0n) is 13.5. The lowest BCUT2D eigenvalue weighted by Crippen LogP contribution is -2.19. The van der Waals surface area contributed by atoms with Crippen LogP contribution in [0.4, 0.5) is 0 Å². The predicted molar refractivity (Wildman–Crippen MR) is 98.6 cm³/mol. The molecule has 0 aliphatic heterocycles. The van der Waals surface area contributed by atoms with E-state index in [1.165, 1.54) is 0 Å². The van der Waals surface area contributed by atoms with Gasteiger partial charge in [0, 0.05) is 5.56 Å². The first-order valence-electron chi connectivity index (χ1n) is 7.78. The van der Waals surface area contributed by atoms with Crippen molar-refractivity contribution in [2.24, 2.45) is 5.73 Å². The normalized spacial score (nSPS) is 11.1. The summed E-state index contributed by atoms with van der Waals surface area (Å²) < 4.78 is 5.24. The Morgan fingerprint density at radius 1 is 1.04 bits per heavy atom. The summed E-state index contributed by atoms with van der Waals surface area (Å²) in [4.78, 5) is 10.7. The van der Waals surface area contributed by atoms with Gasteiger partial charge in [-0.1, -0.05) is 54.6 Å². The van der Waals surface area contributed by atoms with Crippen molar-refractivity contribution in [2.75, 3.05) is 6.61 Å². The van der Waals surface area contributed by atoms with Crippen molar-refractivity contribution in [3.63, 3.8) is 0 Å². The van der Waals surface area contributed by atoms with Gasteiger partial charge >= 0.3 is 0 Å². The number of benzene rings is 3. The summed E-state index contributed by atoms with van der Waals surface area (Å²) in [5.74, 6) is 0.0336. The Morgan fingerprint density at radius 2 is 1.76 bits per heavy atom. The average Bonchev–Trinajstić information content (AvgIpc) is 2.65. The number of rotatable bonds is 5. The van der Waals surface area contributed by atoms with Crippen LogP contribution in [0, 0.1) is 11.3 Å². The van der Waals surface area contributed by atoms with Gasteiger partial charge < -0.3 is 10.5 Å². The maximum Gasteiger partial charge on any atom is 0.255 e. The van der Waals surface area contributed by atoms with E-state index in [1.54, 1.807) is 12.1 Å². The standard InChI is InChI=1S/C21H16N2O2/c22-13-17(20-7-3-5-16-4-1-2-6-19(16)20)12-15-8-10-18(11-9-15)25-14-21(23)24/h1-12H,14H2,(H2,23,24)/b17-12+. The Balaban J connectivity index is 1.92. The molecule has 0 fully saturated rings. The Morgan fingerprint density at radius 3 is 2.48 bits per heavy atom. The van der Waals surface area contributed by atoms with Crippen molar-refractivity contribution in [1.82, 2.24) is 0 Å². The van der Waals surface area contributed by atoms with E-state index in [0.717, 1.165) is 21.9 Å². The van der Waals surface area contributed by atoms with E-state index < -0.39 is 5.91 Å². The van der Waals surface area contributed by atoms with Crippen LogP contribution in [0.3, 0.4) is 0 Å². The molecule has 122 valence electrons. The van der Waals surface area contributed by atoms with Crippen molar-refractivity contribution >= 4 is 28.3 Å². The smallest absolute Gasteiger partial charge is 0.255 e. The molecule has 0 radical (unpaired) electrons. The Hall–Kier alpha value is -3.58. The van der Waals surface area contributed by atoms with Crippen molar-refractivity contribution in [1.29, 1.82) is 5.26 Å². The van der Waals surface area contributed by atoms with Crippen molar-refractivity contribution in [2.45, 2.75) is 0 Å². The second-order valence-electron chi connectivity index (χ2n) is 5.52. The van der Waals surface area contributed by atoms with Gasteiger partial charge in [0.1, 0.15) is 5.75 Å². The molecule has 0 spiro atoms. The van der Waals surface area contributed by atoms with Gasteiger partial charge in [-0.05, 0) is 34.5 Å². The largest absolute Gasteiger partial charge is 0.484 e. The SMILES string of the molecule is N#C/C(=C\c1ccc(OCC(N)=O)cc1)c1cccc2ccccc12. The number of hydrogen-bond acceptors (Lipinski definition) is 3. The van der Waals surface area contributed by atoms with Crippen LogP contribution in [0.5, 0.6) is 5.75 Å². The van der Waals surface area contributed by atoms with E-state index >= 15 is 0 Å². The Labute approximate surface area is 145 Å². The average molecular weight is 328 g/mol. The lowest BCUT2D eigenvalue weighted by Gasteiger charge is -2.06. The molecule has 1 amide bonds. The van der Waals surface area contributed by atoms with Gasteiger partial charge in [0.2, 0.25) is 0 Å². The quantitative estimate of drug-likeness (QED) is 0.572. The van der Waals surface area contributed by atoms with Gasteiger partial charge in [-0.25, -0.2) is 0 Å². The Bertz CT molecular complexity index is 977. The van der Waals surface area contributed by atoms with Crippen molar-refractivity contribution in [3.8, 4) is 11.8 Å². The van der Waals surface area contributed by atoms with Gasteiger partial charge in [-0.15, -0.1) is 0 Å². The first-order valence-corrected chi connectivity index (χ1v) is 7.78. The fourth-order valence-corrected chi connectivity index (χ4v) is 2.61. The number of fused-ring (bicyclic) bond motifs is 1. The number of amides is 1. The molecule has 0 unspecified atom stereocenters. The van der Waals surface area contributed by atoms with Gasteiger partial charge in [-0.3, -0.25) is 4.79 Å². The van der Waals surface area contributed by atoms with E-state index in [-0.39, 0.29) is 6.61 Å². The summed E-state index contributed by atoms with van der Waals surface area (Å²) in [5.41, 5.74) is 7.41. The van der Waals surface area contributed by atoms with Gasteiger partial charge in [0.25, 0.3) is 5.91 Å². The summed E-state index contributed by atoms with van der Waals surface area (Å²) >= 11 is 0. The lowest BCUT2D eigenvalue weighted by atomic mass is 9.97. The number of nitriles is 1. The van der Waals surface area contributed by atoms with Crippen LogP contribution < -0.4 is 10.5 Å². The van der Waals surface area contributed by atoms with E-state index in [4.69, 9.17) is 10.5 Å². The minimum atomic E-state index is -0.522. The molecular weight excluding hydrogens is 312 g/mol. The van der Waals surface area contributed by atoms with Crippen LogP contribution in [0.2, 0.25) is 0 Å². The topological polar surface area (TPSA) is 76.1 Å². The number of allylic oxidation sites excluding steroid dienone is 1. The van der Waals surface area contributed by atoms with Crippen LogP contribution in [0.25, 0.3) is 22.4 Å². The summed E-state index contributed by atoms with van der Waals surface area (Å²) in [7, 11) is 0. The number of carbonyl (C=O) groups excluding carboxylic acids is 1. The maximum atomic E-state index is 10.7. The van der Waals surface area contributed by atoms with Crippen molar-refractivity contribution in [3.05, 3.63) is 77.9 Å². The number of ether oxygens (including phenoxy) is 1. The molecule has 4 heteroatoms. The molecule has 0 aliphatic rings. The first kappa shape index (κ1) is 16.3. The minimum absolute atomic E-state index is 0.158. The van der Waals surface area contributed by atoms with Gasteiger partial charge in [0.15, 0.2) is 6.61 Å². The van der Waals surface area contributed by atoms with Crippen LogP contribution in [-0.4, -0.2) is 12.5 Å². The highest BCUT2D eigenvalue weighted by Gasteiger charge is 2.06. The predicted octanol–water partition coefficient (Wildman–Crippen LogP) is 3.77. The number of hydrogen-bond donors (Lipinski definition) is 1. The van der Waals surface area contributed by atoms with E-state index in [1.807, 2.05) is 60.7 Å². The second-order valence-corrected chi connectivity index (χ2v) is 5.52. The van der Waals surface area contributed by atoms with Gasteiger partial charge in [0.05, 0.1) is 11.6 Å². The summed E-state index contributed by atoms with van der Waals surface area (Å²) in [6, 6.07) is 23.3. The fourth-order valence-electron chi connectivity index (χ4n) is 2.61. The molecule has 0 bridgehead atoms. The summed E-state index contributed by atoms with van der Waals surface area (Å²) in [5, 5.41) is 11.7. The van der Waals surface area contributed by atoms with Crippen molar-refractivity contribution < 1.29 is 9.53 Å². The molecule has 0 aliphatic carbocycles. The molecule has 0 aromatic heterocycles. The molecular formula is C21H16N2O2. The highest BCUT2D eigenvalue weighted by Crippen LogP contribution is 2.26. The maximum absolute atomic E-state index is 10.7. The van der Waals surface area contributed by atoms with Crippen LogP contribution in [-0.2, 0) is 4.79 Å². The third kappa shape index (κ3) is 3.85. The molecule has 3 rings (SSSR count). The summed E-state index contributed by atoms with van der Waals surface area (Å²) in [6.07, 6.45) is 1.83. The molecule has 3 aromatic carbocycles. The molecule has 25 heavy (non-hydrogen) atoms. The van der Waals surface area contributed by atoms with Crippen LogP contribution in [0.15, 0.2) is 66.7 Å². The molecule has 3 aromatic rings. The molecule has 2 N–H and O–H groups in total. The van der Waals surface area contributed by atoms with Gasteiger partial charge in [-0.2, -0.15) is 5.26 Å². The van der Waals surface area contributed by atoms with E-state index in [0.29, 0.717) is 11.3 Å². The molecule has 0 saturated heterocycles. The molecule has 0 heterocycles. The summed E-state index contributed by atoms with van der Waals surface area (Å²) in [6.45, 7) is -0.158. The minimum Gasteiger partial charge on any atom is -0.484 e. The van der Waals surface area contributed by atoms with E-state index in [9.17, 15) is 10.1 Å². The zero-order valence-corrected chi connectivity index (χ0v) is 13.5. The third-order valence-corrected chi connectivity index (χ3v) is 3.77. The second kappa shape index (κ2) is 7.33. The van der Waals surface area contributed by atoms with Crippen LogP contribution >= 0.6 is 0 Å². The third-order valence-electron chi connectivity index (χ3n) is 3.77. The number of nitrogens with zero attached hydrogens (tertiary/aromatic N) is 1. The fraction of sp³-hybridized carbons (Fsp3) is 0.0476. The molecule has 0 atom stereocenters.